The van der Waals surface area contributed by atoms with Gasteiger partial charge < -0.3 is 5.32 Å². The molecule has 0 bridgehead atoms. The van der Waals surface area contributed by atoms with E-state index in [1.807, 2.05) is 4.68 Å². The Labute approximate surface area is 107 Å². The first-order valence-corrected chi connectivity index (χ1v) is 6.28. The van der Waals surface area contributed by atoms with Gasteiger partial charge in [0.2, 0.25) is 0 Å². The van der Waals surface area contributed by atoms with Crippen molar-refractivity contribution in [2.24, 2.45) is 0 Å². The zero-order chi connectivity index (χ0) is 13.0. The molecule has 0 aliphatic carbocycles. The summed E-state index contributed by atoms with van der Waals surface area (Å²) in [6.07, 6.45) is 0.941. The highest BCUT2D eigenvalue weighted by Crippen LogP contribution is 2.11. The van der Waals surface area contributed by atoms with E-state index in [0.717, 1.165) is 30.0 Å². The summed E-state index contributed by atoms with van der Waals surface area (Å²) in [5.74, 6) is -0.215. The van der Waals surface area contributed by atoms with E-state index < -0.39 is 0 Å². The van der Waals surface area contributed by atoms with Crippen molar-refractivity contribution in [3.05, 3.63) is 47.5 Å². The van der Waals surface area contributed by atoms with Crippen molar-refractivity contribution in [1.82, 2.24) is 9.78 Å². The van der Waals surface area contributed by atoms with Gasteiger partial charge in [0.05, 0.1) is 17.9 Å². The first kappa shape index (κ1) is 12.6. The van der Waals surface area contributed by atoms with Crippen molar-refractivity contribution in [3.63, 3.8) is 0 Å². The molecule has 1 heterocycles. The van der Waals surface area contributed by atoms with Crippen LogP contribution in [0.5, 0.6) is 0 Å². The van der Waals surface area contributed by atoms with E-state index in [9.17, 15) is 4.39 Å². The van der Waals surface area contributed by atoms with E-state index in [4.69, 9.17) is 0 Å². The molecule has 0 fully saturated rings. The fraction of sp³-hybridized carbons (Fsp3) is 0.357. The van der Waals surface area contributed by atoms with Crippen molar-refractivity contribution in [1.29, 1.82) is 0 Å². The number of rotatable bonds is 5. The molecular weight excluding hydrogens is 229 g/mol. The number of nitrogens with one attached hydrogen (secondary N) is 1. The SMILES string of the molecule is CCc1cc(CNc2ccc(F)cc2)n(CC)n1. The van der Waals surface area contributed by atoms with Gasteiger partial charge in [0.1, 0.15) is 5.82 Å². The predicted octanol–water partition coefficient (Wildman–Crippen LogP) is 3.22. The number of anilines is 1. The molecule has 18 heavy (non-hydrogen) atoms. The first-order valence-electron chi connectivity index (χ1n) is 6.28. The lowest BCUT2D eigenvalue weighted by molar-refractivity contribution is 0.619. The van der Waals surface area contributed by atoms with E-state index >= 15 is 0 Å². The van der Waals surface area contributed by atoms with Crippen LogP contribution in [0.15, 0.2) is 30.3 Å². The second kappa shape index (κ2) is 5.67. The van der Waals surface area contributed by atoms with Crippen LogP contribution in [0.4, 0.5) is 10.1 Å². The molecule has 1 aromatic carbocycles. The normalized spacial score (nSPS) is 10.6. The largest absolute Gasteiger partial charge is 0.379 e. The third kappa shape index (κ3) is 2.88. The van der Waals surface area contributed by atoms with Crippen LogP contribution in [0.2, 0.25) is 0 Å². The summed E-state index contributed by atoms with van der Waals surface area (Å²) in [5.41, 5.74) is 3.17. The van der Waals surface area contributed by atoms with Crippen LogP contribution in [-0.4, -0.2) is 9.78 Å². The average molecular weight is 247 g/mol. The zero-order valence-corrected chi connectivity index (χ0v) is 10.8. The lowest BCUT2D eigenvalue weighted by Gasteiger charge is -2.07. The molecule has 0 atom stereocenters. The Morgan fingerprint density at radius 1 is 1.22 bits per heavy atom. The monoisotopic (exact) mass is 247 g/mol. The van der Waals surface area contributed by atoms with Crippen LogP contribution in [0.25, 0.3) is 0 Å². The van der Waals surface area contributed by atoms with E-state index in [2.05, 4.69) is 30.3 Å². The molecule has 3 nitrogen and oxygen atoms in total. The van der Waals surface area contributed by atoms with Gasteiger partial charge in [0, 0.05) is 12.2 Å². The lowest BCUT2D eigenvalue weighted by Crippen LogP contribution is -2.07. The van der Waals surface area contributed by atoms with Crippen molar-refractivity contribution in [2.45, 2.75) is 33.4 Å². The van der Waals surface area contributed by atoms with E-state index in [1.54, 1.807) is 12.1 Å². The van der Waals surface area contributed by atoms with Gasteiger partial charge >= 0.3 is 0 Å². The summed E-state index contributed by atoms with van der Waals surface area (Å²) in [5, 5.41) is 7.76. The van der Waals surface area contributed by atoms with Gasteiger partial charge in [-0.1, -0.05) is 6.92 Å². The number of hydrogen-bond acceptors (Lipinski definition) is 2. The standard InChI is InChI=1S/C14H18FN3/c1-3-12-9-14(18(4-2)17-12)10-16-13-7-5-11(15)6-8-13/h5-9,16H,3-4,10H2,1-2H3. The second-order valence-corrected chi connectivity index (χ2v) is 4.16. The summed E-state index contributed by atoms with van der Waals surface area (Å²) in [7, 11) is 0. The number of benzene rings is 1. The molecule has 0 aliphatic rings. The Balaban J connectivity index is 2.05. The third-order valence-electron chi connectivity index (χ3n) is 2.89. The number of nitrogens with zero attached hydrogens (tertiary/aromatic N) is 2. The molecule has 4 heteroatoms. The van der Waals surface area contributed by atoms with Crippen molar-refractivity contribution >= 4 is 5.69 Å². The van der Waals surface area contributed by atoms with Crippen molar-refractivity contribution in [2.75, 3.05) is 5.32 Å². The van der Waals surface area contributed by atoms with Crippen LogP contribution >= 0.6 is 0 Å². The summed E-state index contributed by atoms with van der Waals surface area (Å²) in [6, 6.07) is 8.50. The fourth-order valence-electron chi connectivity index (χ4n) is 1.86. The number of hydrogen-bond donors (Lipinski definition) is 1. The van der Waals surface area contributed by atoms with Gasteiger partial charge in [-0.25, -0.2) is 4.39 Å². The quantitative estimate of drug-likeness (QED) is 0.879. The molecule has 2 aromatic rings. The van der Waals surface area contributed by atoms with Crippen LogP contribution in [0, 0.1) is 5.82 Å². The number of aromatic nitrogens is 2. The summed E-state index contributed by atoms with van der Waals surface area (Å²) in [4.78, 5) is 0. The smallest absolute Gasteiger partial charge is 0.123 e. The van der Waals surface area contributed by atoms with E-state index in [-0.39, 0.29) is 5.82 Å². The number of aryl methyl sites for hydroxylation is 2. The first-order chi connectivity index (χ1) is 8.72. The Kier molecular flexibility index (Phi) is 3.97. The van der Waals surface area contributed by atoms with Crippen molar-refractivity contribution < 1.29 is 4.39 Å². The van der Waals surface area contributed by atoms with Crippen LogP contribution in [-0.2, 0) is 19.5 Å². The molecule has 1 N–H and O–H groups in total. The topological polar surface area (TPSA) is 29.9 Å². The maximum atomic E-state index is 12.8. The zero-order valence-electron chi connectivity index (χ0n) is 10.8. The minimum atomic E-state index is -0.215. The highest BCUT2D eigenvalue weighted by Gasteiger charge is 2.05. The van der Waals surface area contributed by atoms with Gasteiger partial charge in [0.25, 0.3) is 0 Å². The molecule has 0 amide bonds. The third-order valence-corrected chi connectivity index (χ3v) is 2.89. The number of halogens is 1. The molecule has 0 aliphatic heterocycles. The van der Waals surface area contributed by atoms with Gasteiger partial charge in [-0.2, -0.15) is 5.10 Å². The summed E-state index contributed by atoms with van der Waals surface area (Å²) in [6.45, 7) is 5.74. The Morgan fingerprint density at radius 2 is 1.94 bits per heavy atom. The molecular formula is C14H18FN3. The minimum Gasteiger partial charge on any atom is -0.379 e. The van der Waals surface area contributed by atoms with Gasteiger partial charge in [-0.3, -0.25) is 4.68 Å². The van der Waals surface area contributed by atoms with Gasteiger partial charge in [-0.05, 0) is 43.7 Å². The Morgan fingerprint density at radius 3 is 2.56 bits per heavy atom. The molecule has 0 unspecified atom stereocenters. The highest BCUT2D eigenvalue weighted by atomic mass is 19.1. The average Bonchev–Trinajstić information content (AvgIpc) is 2.80. The summed E-state index contributed by atoms with van der Waals surface area (Å²) < 4.78 is 14.8. The summed E-state index contributed by atoms with van der Waals surface area (Å²) >= 11 is 0. The fourth-order valence-corrected chi connectivity index (χ4v) is 1.86. The second-order valence-electron chi connectivity index (χ2n) is 4.16. The predicted molar refractivity (Wildman–Crippen MR) is 71.0 cm³/mol. The van der Waals surface area contributed by atoms with Crippen molar-refractivity contribution in [3.8, 4) is 0 Å². The molecule has 2 rings (SSSR count). The molecule has 1 aromatic heterocycles. The lowest BCUT2D eigenvalue weighted by atomic mass is 10.3. The minimum absolute atomic E-state index is 0.215. The molecule has 0 spiro atoms. The van der Waals surface area contributed by atoms with Crippen LogP contribution in [0.1, 0.15) is 25.2 Å². The van der Waals surface area contributed by atoms with Crippen LogP contribution in [0.3, 0.4) is 0 Å². The van der Waals surface area contributed by atoms with E-state index in [0.29, 0.717) is 6.54 Å². The molecule has 0 radical (unpaired) electrons. The molecule has 96 valence electrons. The van der Waals surface area contributed by atoms with Gasteiger partial charge in [0.15, 0.2) is 0 Å². The van der Waals surface area contributed by atoms with E-state index in [1.165, 1.54) is 12.1 Å². The Bertz CT molecular complexity index is 502. The van der Waals surface area contributed by atoms with Gasteiger partial charge in [-0.15, -0.1) is 0 Å². The Hall–Kier alpha value is -1.84. The highest BCUT2D eigenvalue weighted by molar-refractivity contribution is 5.43. The van der Waals surface area contributed by atoms with Crippen LogP contribution < -0.4 is 5.32 Å². The maximum absolute atomic E-state index is 12.8. The molecule has 0 saturated carbocycles. The molecule has 0 saturated heterocycles. The maximum Gasteiger partial charge on any atom is 0.123 e.